The van der Waals surface area contributed by atoms with Crippen LogP contribution in [0.1, 0.15) is 470 Å². The molecule has 2 atom stereocenters. The molecule has 0 aromatic carbocycles. The number of amides is 1. The van der Waals surface area contributed by atoms with E-state index in [4.69, 9.17) is 4.74 Å². The number of ether oxygens (including phenoxy) is 1. The first-order chi connectivity index (χ1) is 45.0. The van der Waals surface area contributed by atoms with Crippen molar-refractivity contribution in [3.63, 3.8) is 0 Å². The summed E-state index contributed by atoms with van der Waals surface area (Å²) in [5, 5.41) is 23.3. The molecule has 0 aromatic heterocycles. The van der Waals surface area contributed by atoms with Crippen LogP contribution in [0.15, 0.2) is 36.5 Å². The van der Waals surface area contributed by atoms with Gasteiger partial charge in [0, 0.05) is 12.8 Å². The van der Waals surface area contributed by atoms with E-state index in [9.17, 15) is 19.8 Å². The van der Waals surface area contributed by atoms with Gasteiger partial charge in [-0.15, -0.1) is 0 Å². The highest BCUT2D eigenvalue weighted by molar-refractivity contribution is 5.76. The van der Waals surface area contributed by atoms with Gasteiger partial charge in [-0.05, 0) is 83.5 Å². The molecule has 0 saturated heterocycles. The highest BCUT2D eigenvalue weighted by Crippen LogP contribution is 2.20. The summed E-state index contributed by atoms with van der Waals surface area (Å²) < 4.78 is 5.51. The van der Waals surface area contributed by atoms with E-state index in [0.29, 0.717) is 19.4 Å². The van der Waals surface area contributed by atoms with Crippen molar-refractivity contribution < 1.29 is 24.5 Å². The van der Waals surface area contributed by atoms with Gasteiger partial charge in [0.25, 0.3) is 0 Å². The first-order valence-electron chi connectivity index (χ1n) is 41.8. The highest BCUT2D eigenvalue weighted by Gasteiger charge is 2.18. The van der Waals surface area contributed by atoms with Gasteiger partial charge in [-0.1, -0.05) is 410 Å². The number of unbranched alkanes of at least 4 members (excludes halogenated alkanes) is 64. The SMILES string of the molecule is CCCCCCCCC/C=C\CCCCCCCCCC(=O)OCCCCCCCCCCCCCC/C=C\CCCCCCCCCCCCCCCCCCC(=O)NC(CO)C(O)/C=C/CCCCCCCCCCCCCCCCCCCCCCCC. The van der Waals surface area contributed by atoms with Gasteiger partial charge in [-0.2, -0.15) is 0 Å². The third-order valence-electron chi connectivity index (χ3n) is 19.6. The molecule has 2 unspecified atom stereocenters. The molecular weight excluding hydrogens is 1110 g/mol. The summed E-state index contributed by atoms with van der Waals surface area (Å²) in [4.78, 5) is 24.7. The summed E-state index contributed by atoms with van der Waals surface area (Å²) in [6.45, 7) is 4.95. The molecule has 0 aliphatic carbocycles. The molecule has 0 aliphatic heterocycles. The molecule has 0 bridgehead atoms. The third-order valence-corrected chi connectivity index (χ3v) is 19.6. The zero-order chi connectivity index (χ0) is 65.6. The molecule has 0 aromatic rings. The normalized spacial score (nSPS) is 12.6. The number of hydrogen-bond acceptors (Lipinski definition) is 5. The molecule has 1 amide bonds. The maximum atomic E-state index is 12.6. The highest BCUT2D eigenvalue weighted by atomic mass is 16.5. The summed E-state index contributed by atoms with van der Waals surface area (Å²) in [5.74, 6) is -0.0441. The van der Waals surface area contributed by atoms with Gasteiger partial charge >= 0.3 is 5.97 Å². The average Bonchev–Trinajstić information content (AvgIpc) is 3.66. The molecule has 538 valence electrons. The number of rotatable bonds is 79. The Labute approximate surface area is 570 Å². The van der Waals surface area contributed by atoms with Crippen molar-refractivity contribution >= 4 is 11.9 Å². The first kappa shape index (κ1) is 89.1. The topological polar surface area (TPSA) is 95.9 Å². The Bertz CT molecular complexity index is 1470. The molecule has 0 rings (SSSR count). The molecule has 0 saturated carbocycles. The zero-order valence-electron chi connectivity index (χ0n) is 61.9. The number of carbonyl (C=O) groups is 2. The second kappa shape index (κ2) is 80.5. The maximum absolute atomic E-state index is 12.6. The molecule has 91 heavy (non-hydrogen) atoms. The maximum Gasteiger partial charge on any atom is 0.305 e. The Morgan fingerprint density at radius 3 is 0.780 bits per heavy atom. The van der Waals surface area contributed by atoms with Gasteiger partial charge in [0.2, 0.25) is 5.91 Å². The van der Waals surface area contributed by atoms with E-state index in [1.807, 2.05) is 6.08 Å². The lowest BCUT2D eigenvalue weighted by Gasteiger charge is -2.20. The fraction of sp³-hybridized carbons (Fsp3) is 0.906. The number of carbonyl (C=O) groups excluding carboxylic acids is 2. The second-order valence-corrected chi connectivity index (χ2v) is 28.8. The van der Waals surface area contributed by atoms with Crippen LogP contribution in [-0.2, 0) is 14.3 Å². The van der Waals surface area contributed by atoms with Crippen LogP contribution in [0.25, 0.3) is 0 Å². The molecule has 6 nitrogen and oxygen atoms in total. The Balaban J connectivity index is 3.37. The minimum absolute atomic E-state index is 0.0160. The minimum Gasteiger partial charge on any atom is -0.466 e. The average molecular weight is 1280 g/mol. The zero-order valence-corrected chi connectivity index (χ0v) is 61.9. The predicted octanol–water partition coefficient (Wildman–Crippen LogP) is 27.8. The van der Waals surface area contributed by atoms with Crippen LogP contribution < -0.4 is 5.32 Å². The van der Waals surface area contributed by atoms with Crippen LogP contribution >= 0.6 is 0 Å². The summed E-state index contributed by atoms with van der Waals surface area (Å²) in [5.41, 5.74) is 0. The smallest absolute Gasteiger partial charge is 0.305 e. The van der Waals surface area contributed by atoms with Gasteiger partial charge in [-0.3, -0.25) is 9.59 Å². The monoisotopic (exact) mass is 1280 g/mol. The van der Waals surface area contributed by atoms with Crippen molar-refractivity contribution in [2.75, 3.05) is 13.2 Å². The van der Waals surface area contributed by atoms with E-state index < -0.39 is 12.1 Å². The molecular formula is C85H163NO5. The molecule has 0 heterocycles. The lowest BCUT2D eigenvalue weighted by Crippen LogP contribution is -2.45. The fourth-order valence-electron chi connectivity index (χ4n) is 13.3. The largest absolute Gasteiger partial charge is 0.466 e. The van der Waals surface area contributed by atoms with Gasteiger partial charge < -0.3 is 20.3 Å². The molecule has 3 N–H and O–H groups in total. The first-order valence-corrected chi connectivity index (χ1v) is 41.8. The molecule has 6 heteroatoms. The number of aliphatic hydroxyl groups is 2. The predicted molar refractivity (Wildman–Crippen MR) is 403 cm³/mol. The lowest BCUT2D eigenvalue weighted by atomic mass is 10.0. The van der Waals surface area contributed by atoms with Crippen LogP contribution in [0, 0.1) is 0 Å². The van der Waals surface area contributed by atoms with E-state index in [1.54, 1.807) is 6.08 Å². The van der Waals surface area contributed by atoms with Crippen molar-refractivity contribution in [3.8, 4) is 0 Å². The van der Waals surface area contributed by atoms with Crippen molar-refractivity contribution in [3.05, 3.63) is 36.5 Å². The van der Waals surface area contributed by atoms with E-state index in [2.05, 4.69) is 43.5 Å². The summed E-state index contributed by atoms with van der Waals surface area (Å²) >= 11 is 0. The van der Waals surface area contributed by atoms with Crippen LogP contribution in [0.2, 0.25) is 0 Å². The standard InChI is InChI=1S/C85H163NO5/c1-3-5-7-9-11-13-15-17-19-21-23-24-25-36-39-42-45-49-53-57-61-65-69-73-77-83(88)82(81-87)86-84(89)78-74-70-66-62-58-54-50-46-43-40-37-34-32-30-28-26-27-29-31-33-35-38-41-44-48-52-56-60-64-68-72-76-80-91-85(90)79-75-71-67-63-59-55-51-47-22-20-18-16-14-12-10-8-6-4-2/h20,22,29,31,73,77,82-83,87-88H,3-19,21,23-28,30,32-72,74-76,78-81H2,1-2H3,(H,86,89)/b22-20-,31-29-,77-73+. The molecule has 0 spiro atoms. The van der Waals surface area contributed by atoms with Gasteiger partial charge in [0.15, 0.2) is 0 Å². The summed E-state index contributed by atoms with van der Waals surface area (Å²) in [6.07, 6.45) is 106. The van der Waals surface area contributed by atoms with Crippen LogP contribution in [0.5, 0.6) is 0 Å². The fourth-order valence-corrected chi connectivity index (χ4v) is 13.3. The van der Waals surface area contributed by atoms with Crippen LogP contribution in [-0.4, -0.2) is 47.4 Å². The van der Waals surface area contributed by atoms with E-state index in [-0.39, 0.29) is 18.5 Å². The summed E-state index contributed by atoms with van der Waals surface area (Å²) in [7, 11) is 0. The van der Waals surface area contributed by atoms with Crippen LogP contribution in [0.3, 0.4) is 0 Å². The van der Waals surface area contributed by atoms with Gasteiger partial charge in [-0.25, -0.2) is 0 Å². The van der Waals surface area contributed by atoms with E-state index in [1.165, 1.54) is 398 Å². The summed E-state index contributed by atoms with van der Waals surface area (Å²) in [6, 6.07) is -0.628. The Hall–Kier alpha value is -1.92. The van der Waals surface area contributed by atoms with Gasteiger partial charge in [0.05, 0.1) is 25.4 Å². The van der Waals surface area contributed by atoms with Crippen molar-refractivity contribution in [1.29, 1.82) is 0 Å². The minimum atomic E-state index is -0.845. The van der Waals surface area contributed by atoms with Crippen molar-refractivity contribution in [2.45, 2.75) is 482 Å². The quantitative estimate of drug-likeness (QED) is 0.0320. The third kappa shape index (κ3) is 77.0. The Kier molecular flexibility index (Phi) is 78.8. The van der Waals surface area contributed by atoms with Gasteiger partial charge in [0.1, 0.15) is 0 Å². The number of hydrogen-bond donors (Lipinski definition) is 3. The number of nitrogens with one attached hydrogen (secondary N) is 1. The van der Waals surface area contributed by atoms with Crippen molar-refractivity contribution in [1.82, 2.24) is 5.32 Å². The Morgan fingerprint density at radius 2 is 0.516 bits per heavy atom. The molecule has 0 radical (unpaired) electrons. The second-order valence-electron chi connectivity index (χ2n) is 28.8. The van der Waals surface area contributed by atoms with Crippen LogP contribution in [0.4, 0.5) is 0 Å². The number of esters is 1. The Morgan fingerprint density at radius 1 is 0.297 bits per heavy atom. The molecule has 0 fully saturated rings. The number of allylic oxidation sites excluding steroid dienone is 5. The van der Waals surface area contributed by atoms with E-state index in [0.717, 1.165) is 44.9 Å². The lowest BCUT2D eigenvalue weighted by molar-refractivity contribution is -0.143. The molecule has 0 aliphatic rings. The van der Waals surface area contributed by atoms with Crippen molar-refractivity contribution in [2.24, 2.45) is 0 Å². The number of aliphatic hydroxyl groups excluding tert-OH is 2. The van der Waals surface area contributed by atoms with E-state index >= 15 is 0 Å².